The van der Waals surface area contributed by atoms with Crippen molar-refractivity contribution < 1.29 is 9.53 Å². The van der Waals surface area contributed by atoms with Crippen LogP contribution in [0.3, 0.4) is 0 Å². The molecule has 0 bridgehead atoms. The van der Waals surface area contributed by atoms with Crippen LogP contribution in [0.25, 0.3) is 0 Å². The molecule has 0 radical (unpaired) electrons. The Morgan fingerprint density at radius 3 is 2.27 bits per heavy atom. The van der Waals surface area contributed by atoms with Crippen LogP contribution >= 0.6 is 0 Å². The molecule has 1 aromatic rings. The molecule has 0 aliphatic rings. The van der Waals surface area contributed by atoms with Gasteiger partial charge in [0.15, 0.2) is 0 Å². The van der Waals surface area contributed by atoms with Crippen molar-refractivity contribution in [1.82, 2.24) is 0 Å². The molecule has 15 heavy (non-hydrogen) atoms. The third-order valence-corrected chi connectivity index (χ3v) is 2.41. The SMILES string of the molecule is COC(=O)C(N)c1ccccc1C(C)C. The summed E-state index contributed by atoms with van der Waals surface area (Å²) >= 11 is 0. The Morgan fingerprint density at radius 2 is 1.80 bits per heavy atom. The summed E-state index contributed by atoms with van der Waals surface area (Å²) < 4.78 is 4.64. The molecule has 3 nitrogen and oxygen atoms in total. The molecule has 0 fully saturated rings. The Kier molecular flexibility index (Phi) is 3.86. The highest BCUT2D eigenvalue weighted by molar-refractivity contribution is 5.77. The predicted molar refractivity (Wildman–Crippen MR) is 59.5 cm³/mol. The van der Waals surface area contributed by atoms with Crippen molar-refractivity contribution in [3.63, 3.8) is 0 Å². The fourth-order valence-corrected chi connectivity index (χ4v) is 1.57. The van der Waals surface area contributed by atoms with Crippen LogP contribution in [0.15, 0.2) is 24.3 Å². The Balaban J connectivity index is 3.07. The van der Waals surface area contributed by atoms with E-state index in [0.717, 1.165) is 11.1 Å². The van der Waals surface area contributed by atoms with Crippen LogP contribution in [0, 0.1) is 0 Å². The first-order valence-electron chi connectivity index (χ1n) is 5.00. The van der Waals surface area contributed by atoms with Gasteiger partial charge in [-0.2, -0.15) is 0 Å². The molecule has 1 unspecified atom stereocenters. The zero-order valence-corrected chi connectivity index (χ0v) is 9.36. The molecule has 0 aromatic heterocycles. The number of carbonyl (C=O) groups is 1. The highest BCUT2D eigenvalue weighted by Crippen LogP contribution is 2.24. The Hall–Kier alpha value is -1.35. The predicted octanol–water partition coefficient (Wildman–Crippen LogP) is 1.98. The summed E-state index contributed by atoms with van der Waals surface area (Å²) in [7, 11) is 1.35. The van der Waals surface area contributed by atoms with Gasteiger partial charge in [-0.15, -0.1) is 0 Å². The summed E-state index contributed by atoms with van der Waals surface area (Å²) in [5.74, 6) is -0.0555. The number of hydrogen-bond donors (Lipinski definition) is 1. The number of methoxy groups -OCH3 is 1. The normalized spacial score (nSPS) is 12.6. The first-order chi connectivity index (χ1) is 7.07. The van der Waals surface area contributed by atoms with Gasteiger partial charge in [-0.05, 0) is 17.0 Å². The molecular weight excluding hydrogens is 190 g/mol. The summed E-state index contributed by atoms with van der Waals surface area (Å²) in [6, 6.07) is 7.00. The van der Waals surface area contributed by atoms with E-state index in [1.165, 1.54) is 7.11 Å². The zero-order valence-electron chi connectivity index (χ0n) is 9.36. The van der Waals surface area contributed by atoms with E-state index in [2.05, 4.69) is 18.6 Å². The molecule has 1 atom stereocenters. The molecule has 0 spiro atoms. The van der Waals surface area contributed by atoms with Gasteiger partial charge in [-0.3, -0.25) is 4.79 Å². The number of nitrogens with two attached hydrogens (primary N) is 1. The van der Waals surface area contributed by atoms with Gasteiger partial charge >= 0.3 is 5.97 Å². The molecule has 1 rings (SSSR count). The molecule has 0 aliphatic heterocycles. The number of esters is 1. The minimum atomic E-state index is -0.686. The third-order valence-electron chi connectivity index (χ3n) is 2.41. The topological polar surface area (TPSA) is 52.3 Å². The smallest absolute Gasteiger partial charge is 0.327 e. The van der Waals surface area contributed by atoms with E-state index >= 15 is 0 Å². The monoisotopic (exact) mass is 207 g/mol. The van der Waals surface area contributed by atoms with Gasteiger partial charge in [-0.25, -0.2) is 0 Å². The zero-order chi connectivity index (χ0) is 11.4. The van der Waals surface area contributed by atoms with Gasteiger partial charge in [0.05, 0.1) is 7.11 Å². The summed E-state index contributed by atoms with van der Waals surface area (Å²) in [6.07, 6.45) is 0. The third kappa shape index (κ3) is 2.57. The summed E-state index contributed by atoms with van der Waals surface area (Å²) in [6.45, 7) is 4.14. The van der Waals surface area contributed by atoms with Gasteiger partial charge in [-0.1, -0.05) is 38.1 Å². The summed E-state index contributed by atoms with van der Waals surface area (Å²) in [4.78, 5) is 11.3. The number of carbonyl (C=O) groups excluding carboxylic acids is 1. The van der Waals surface area contributed by atoms with Crippen molar-refractivity contribution in [2.24, 2.45) is 5.73 Å². The van der Waals surface area contributed by atoms with Crippen LogP contribution in [-0.2, 0) is 9.53 Å². The first kappa shape index (κ1) is 11.7. The number of ether oxygens (including phenoxy) is 1. The second-order valence-electron chi connectivity index (χ2n) is 3.78. The van der Waals surface area contributed by atoms with Crippen molar-refractivity contribution in [2.45, 2.75) is 25.8 Å². The number of hydrogen-bond acceptors (Lipinski definition) is 3. The summed E-state index contributed by atoms with van der Waals surface area (Å²) in [5.41, 5.74) is 7.75. The van der Waals surface area contributed by atoms with Crippen molar-refractivity contribution in [1.29, 1.82) is 0 Å². The van der Waals surface area contributed by atoms with Crippen LogP contribution in [0.4, 0.5) is 0 Å². The maximum atomic E-state index is 11.3. The lowest BCUT2D eigenvalue weighted by Crippen LogP contribution is -2.24. The van der Waals surface area contributed by atoms with Gasteiger partial charge in [0.25, 0.3) is 0 Å². The van der Waals surface area contributed by atoms with Gasteiger partial charge in [0.1, 0.15) is 6.04 Å². The lowest BCUT2D eigenvalue weighted by Gasteiger charge is -2.16. The second kappa shape index (κ2) is 4.94. The van der Waals surface area contributed by atoms with Gasteiger partial charge < -0.3 is 10.5 Å². The van der Waals surface area contributed by atoms with E-state index in [4.69, 9.17) is 5.73 Å². The van der Waals surface area contributed by atoms with E-state index in [0.29, 0.717) is 5.92 Å². The van der Waals surface area contributed by atoms with Crippen molar-refractivity contribution in [3.05, 3.63) is 35.4 Å². The number of rotatable bonds is 3. The molecule has 1 aromatic carbocycles. The van der Waals surface area contributed by atoms with Crippen LogP contribution in [-0.4, -0.2) is 13.1 Å². The Bertz CT molecular complexity index is 347. The van der Waals surface area contributed by atoms with Crippen LogP contribution in [0.2, 0.25) is 0 Å². The molecule has 0 aliphatic carbocycles. The maximum absolute atomic E-state index is 11.3. The molecule has 0 saturated carbocycles. The van der Waals surface area contributed by atoms with Crippen LogP contribution in [0.1, 0.15) is 36.9 Å². The lowest BCUT2D eigenvalue weighted by molar-refractivity contribution is -0.142. The fraction of sp³-hybridized carbons (Fsp3) is 0.417. The average Bonchev–Trinajstić information content (AvgIpc) is 2.27. The molecule has 0 amide bonds. The lowest BCUT2D eigenvalue weighted by atomic mass is 9.93. The molecule has 2 N–H and O–H groups in total. The van der Waals surface area contributed by atoms with E-state index in [1.54, 1.807) is 0 Å². The quantitative estimate of drug-likeness (QED) is 0.771. The van der Waals surface area contributed by atoms with Crippen molar-refractivity contribution >= 4 is 5.97 Å². The fourth-order valence-electron chi connectivity index (χ4n) is 1.57. The van der Waals surface area contributed by atoms with Crippen LogP contribution in [0.5, 0.6) is 0 Å². The molecule has 0 saturated heterocycles. The van der Waals surface area contributed by atoms with E-state index in [9.17, 15) is 4.79 Å². The largest absolute Gasteiger partial charge is 0.468 e. The average molecular weight is 207 g/mol. The van der Waals surface area contributed by atoms with Crippen LogP contribution < -0.4 is 5.73 Å². The molecule has 0 heterocycles. The highest BCUT2D eigenvalue weighted by Gasteiger charge is 2.19. The second-order valence-corrected chi connectivity index (χ2v) is 3.78. The maximum Gasteiger partial charge on any atom is 0.327 e. The van der Waals surface area contributed by atoms with Crippen molar-refractivity contribution in [3.8, 4) is 0 Å². The van der Waals surface area contributed by atoms with E-state index in [1.807, 2.05) is 24.3 Å². The molecule has 3 heteroatoms. The Morgan fingerprint density at radius 1 is 1.27 bits per heavy atom. The van der Waals surface area contributed by atoms with Gasteiger partial charge in [0, 0.05) is 0 Å². The molecular formula is C12H17NO2. The highest BCUT2D eigenvalue weighted by atomic mass is 16.5. The van der Waals surface area contributed by atoms with Gasteiger partial charge in [0.2, 0.25) is 0 Å². The minimum Gasteiger partial charge on any atom is -0.468 e. The standard InChI is InChI=1S/C12H17NO2/c1-8(2)9-6-4-5-7-10(9)11(13)12(14)15-3/h4-8,11H,13H2,1-3H3. The Labute approximate surface area is 90.2 Å². The minimum absolute atomic E-state index is 0.344. The van der Waals surface area contributed by atoms with E-state index < -0.39 is 12.0 Å². The number of benzene rings is 1. The molecule has 82 valence electrons. The first-order valence-corrected chi connectivity index (χ1v) is 5.00. The van der Waals surface area contributed by atoms with Crippen molar-refractivity contribution in [2.75, 3.05) is 7.11 Å². The summed E-state index contributed by atoms with van der Waals surface area (Å²) in [5, 5.41) is 0. The van der Waals surface area contributed by atoms with E-state index in [-0.39, 0.29) is 0 Å².